The van der Waals surface area contributed by atoms with Crippen LogP contribution in [0.5, 0.6) is 0 Å². The first-order valence-electron chi connectivity index (χ1n) is 9.04. The lowest BCUT2D eigenvalue weighted by atomic mass is 10.2. The molecular weight excluding hydrogens is 360 g/mol. The number of amides is 1. The molecule has 1 amide bonds. The Hall–Kier alpha value is -3.39. The van der Waals surface area contributed by atoms with Crippen molar-refractivity contribution in [1.29, 1.82) is 0 Å². The average molecular weight is 380 g/mol. The van der Waals surface area contributed by atoms with Gasteiger partial charge in [-0.2, -0.15) is 5.10 Å². The van der Waals surface area contributed by atoms with E-state index in [-0.39, 0.29) is 18.0 Å². The van der Waals surface area contributed by atoms with E-state index in [0.29, 0.717) is 17.1 Å². The molecule has 1 aromatic carbocycles. The number of hydrogen-bond acceptors (Lipinski definition) is 6. The molecule has 28 heavy (non-hydrogen) atoms. The third-order valence-electron chi connectivity index (χ3n) is 4.46. The average Bonchev–Trinajstić information content (AvgIpc) is 3.26. The molecule has 0 unspecified atom stereocenters. The quantitative estimate of drug-likeness (QED) is 0.728. The summed E-state index contributed by atoms with van der Waals surface area (Å²) in [6.45, 7) is 2.96. The monoisotopic (exact) mass is 380 g/mol. The Morgan fingerprint density at radius 2 is 1.86 bits per heavy atom. The fourth-order valence-corrected chi connectivity index (χ4v) is 3.03. The second-order valence-corrected chi connectivity index (χ2v) is 6.39. The number of nitrogens with one attached hydrogen (secondary N) is 1. The summed E-state index contributed by atoms with van der Waals surface area (Å²) >= 11 is 0. The number of anilines is 2. The summed E-state index contributed by atoms with van der Waals surface area (Å²) < 4.78 is 11.8. The van der Waals surface area contributed by atoms with Crippen molar-refractivity contribution in [2.75, 3.05) is 36.5 Å². The highest BCUT2D eigenvalue weighted by molar-refractivity contribution is 5.90. The fourth-order valence-electron chi connectivity index (χ4n) is 3.03. The van der Waals surface area contributed by atoms with E-state index in [0.717, 1.165) is 36.7 Å². The van der Waals surface area contributed by atoms with E-state index in [2.05, 4.69) is 15.3 Å². The van der Waals surface area contributed by atoms with Crippen LogP contribution < -0.4 is 15.8 Å². The van der Waals surface area contributed by atoms with Gasteiger partial charge in [0.25, 0.3) is 5.56 Å². The molecule has 1 fully saturated rings. The van der Waals surface area contributed by atoms with Crippen LogP contribution in [0.3, 0.4) is 0 Å². The summed E-state index contributed by atoms with van der Waals surface area (Å²) in [5.41, 5.74) is 1.89. The van der Waals surface area contributed by atoms with Crippen LogP contribution in [0.2, 0.25) is 0 Å². The zero-order valence-electron chi connectivity index (χ0n) is 15.2. The van der Waals surface area contributed by atoms with Crippen LogP contribution >= 0.6 is 0 Å². The van der Waals surface area contributed by atoms with Gasteiger partial charge in [-0.05, 0) is 42.5 Å². The predicted octanol–water partition coefficient (Wildman–Crippen LogP) is 1.98. The Morgan fingerprint density at radius 1 is 1.07 bits per heavy atom. The Labute approximate surface area is 161 Å². The van der Waals surface area contributed by atoms with Gasteiger partial charge in [-0.25, -0.2) is 4.68 Å². The number of benzene rings is 1. The van der Waals surface area contributed by atoms with Gasteiger partial charge < -0.3 is 19.4 Å². The van der Waals surface area contributed by atoms with Gasteiger partial charge in [0.05, 0.1) is 19.5 Å². The zero-order chi connectivity index (χ0) is 19.3. The van der Waals surface area contributed by atoms with Crippen molar-refractivity contribution >= 4 is 17.3 Å². The first kappa shape index (κ1) is 18.0. The smallest absolute Gasteiger partial charge is 0.267 e. The number of carbonyl (C=O) groups is 1. The van der Waals surface area contributed by atoms with Crippen LogP contribution in [0.25, 0.3) is 11.5 Å². The van der Waals surface area contributed by atoms with Gasteiger partial charge in [-0.1, -0.05) is 0 Å². The molecule has 1 saturated heterocycles. The minimum atomic E-state index is -0.354. The highest BCUT2D eigenvalue weighted by atomic mass is 16.5. The SMILES string of the molecule is O=C(Cn1nc(-c2ccco2)ccc1=O)Nc1ccc(N2CCOCC2)cc1. The van der Waals surface area contributed by atoms with Crippen LogP contribution in [-0.4, -0.2) is 42.0 Å². The number of furan rings is 1. The van der Waals surface area contributed by atoms with Crippen LogP contribution in [-0.2, 0) is 16.1 Å². The molecule has 0 saturated carbocycles. The molecule has 1 aliphatic rings. The van der Waals surface area contributed by atoms with Crippen molar-refractivity contribution in [1.82, 2.24) is 9.78 Å². The minimum Gasteiger partial charge on any atom is -0.463 e. The highest BCUT2D eigenvalue weighted by Crippen LogP contribution is 2.19. The maximum Gasteiger partial charge on any atom is 0.267 e. The lowest BCUT2D eigenvalue weighted by molar-refractivity contribution is -0.117. The molecule has 1 aliphatic heterocycles. The second-order valence-electron chi connectivity index (χ2n) is 6.39. The summed E-state index contributed by atoms with van der Waals surface area (Å²) in [6, 6.07) is 14.0. The van der Waals surface area contributed by atoms with E-state index < -0.39 is 0 Å². The van der Waals surface area contributed by atoms with E-state index in [9.17, 15) is 9.59 Å². The number of morpholine rings is 1. The lowest BCUT2D eigenvalue weighted by Gasteiger charge is -2.28. The molecule has 0 bridgehead atoms. The minimum absolute atomic E-state index is 0.182. The molecular formula is C20H20N4O4. The van der Waals surface area contributed by atoms with Crippen molar-refractivity contribution in [2.24, 2.45) is 0 Å². The first-order chi connectivity index (χ1) is 13.7. The molecule has 0 atom stereocenters. The molecule has 8 heteroatoms. The Kier molecular flexibility index (Phi) is 5.20. The topological polar surface area (TPSA) is 89.6 Å². The van der Waals surface area contributed by atoms with Gasteiger partial charge in [0.1, 0.15) is 12.2 Å². The van der Waals surface area contributed by atoms with Crippen LogP contribution in [0.15, 0.2) is 64.0 Å². The molecule has 4 rings (SSSR count). The number of ether oxygens (including phenoxy) is 1. The summed E-state index contributed by atoms with van der Waals surface area (Å²) in [6.07, 6.45) is 1.53. The fraction of sp³-hybridized carbons (Fsp3) is 0.250. The van der Waals surface area contributed by atoms with Gasteiger partial charge in [0, 0.05) is 30.5 Å². The molecule has 2 aromatic heterocycles. The van der Waals surface area contributed by atoms with Crippen LogP contribution in [0.1, 0.15) is 0 Å². The van der Waals surface area contributed by atoms with Gasteiger partial charge >= 0.3 is 0 Å². The van der Waals surface area contributed by atoms with Crippen molar-refractivity contribution in [2.45, 2.75) is 6.54 Å². The largest absolute Gasteiger partial charge is 0.463 e. The first-order valence-corrected chi connectivity index (χ1v) is 9.04. The summed E-state index contributed by atoms with van der Waals surface area (Å²) in [5.74, 6) is 0.207. The van der Waals surface area contributed by atoms with Gasteiger partial charge in [0.15, 0.2) is 5.76 Å². The third kappa shape index (κ3) is 4.12. The van der Waals surface area contributed by atoms with Crippen molar-refractivity contribution in [3.05, 3.63) is 65.1 Å². The molecule has 8 nitrogen and oxygen atoms in total. The summed E-state index contributed by atoms with van der Waals surface area (Å²) in [7, 11) is 0. The standard InChI is InChI=1S/C20H20N4O4/c25-19(14-24-20(26)8-7-17(22-24)18-2-1-11-28-18)21-15-3-5-16(6-4-15)23-9-12-27-13-10-23/h1-8,11H,9-10,12-14H2,(H,21,25). The highest BCUT2D eigenvalue weighted by Gasteiger charge is 2.12. The normalized spacial score (nSPS) is 14.1. The van der Waals surface area contributed by atoms with E-state index >= 15 is 0 Å². The van der Waals surface area contributed by atoms with Crippen molar-refractivity contribution < 1.29 is 13.9 Å². The molecule has 0 radical (unpaired) electrons. The van der Waals surface area contributed by atoms with Gasteiger partial charge in [-0.15, -0.1) is 0 Å². The van der Waals surface area contributed by atoms with Crippen LogP contribution in [0, 0.1) is 0 Å². The third-order valence-corrected chi connectivity index (χ3v) is 4.46. The number of nitrogens with zero attached hydrogens (tertiary/aromatic N) is 3. The Bertz CT molecular complexity index is 990. The Morgan fingerprint density at radius 3 is 2.57 bits per heavy atom. The van der Waals surface area contributed by atoms with E-state index in [1.165, 1.54) is 12.3 Å². The zero-order valence-corrected chi connectivity index (χ0v) is 15.2. The number of carbonyl (C=O) groups excluding carboxylic acids is 1. The van der Waals surface area contributed by atoms with Gasteiger partial charge in [0.2, 0.25) is 5.91 Å². The molecule has 3 aromatic rings. The summed E-state index contributed by atoms with van der Waals surface area (Å²) in [4.78, 5) is 26.6. The van der Waals surface area contributed by atoms with Crippen molar-refractivity contribution in [3.8, 4) is 11.5 Å². The second kappa shape index (κ2) is 8.10. The van der Waals surface area contributed by atoms with E-state index in [4.69, 9.17) is 9.15 Å². The molecule has 144 valence electrons. The van der Waals surface area contributed by atoms with E-state index in [1.807, 2.05) is 24.3 Å². The number of rotatable bonds is 5. The maximum absolute atomic E-state index is 12.4. The molecule has 3 heterocycles. The predicted molar refractivity (Wildman–Crippen MR) is 104 cm³/mol. The number of hydrogen-bond donors (Lipinski definition) is 1. The van der Waals surface area contributed by atoms with E-state index in [1.54, 1.807) is 18.2 Å². The lowest BCUT2D eigenvalue weighted by Crippen LogP contribution is -2.36. The van der Waals surface area contributed by atoms with Crippen molar-refractivity contribution in [3.63, 3.8) is 0 Å². The number of aromatic nitrogens is 2. The summed E-state index contributed by atoms with van der Waals surface area (Å²) in [5, 5.41) is 7.00. The Balaban J connectivity index is 1.42. The maximum atomic E-state index is 12.4. The van der Waals surface area contributed by atoms with Gasteiger partial charge in [-0.3, -0.25) is 9.59 Å². The molecule has 0 aliphatic carbocycles. The van der Waals surface area contributed by atoms with Crippen LogP contribution in [0.4, 0.5) is 11.4 Å². The molecule has 0 spiro atoms. The molecule has 1 N–H and O–H groups in total.